The fourth-order valence-electron chi connectivity index (χ4n) is 1.58. The van der Waals surface area contributed by atoms with E-state index in [-0.39, 0.29) is 18.2 Å². The Bertz CT molecular complexity index is 393. The van der Waals surface area contributed by atoms with E-state index in [0.29, 0.717) is 0 Å². The van der Waals surface area contributed by atoms with Gasteiger partial charge in [0.15, 0.2) is 0 Å². The minimum absolute atomic E-state index is 0.142. The molecule has 0 amide bonds. The van der Waals surface area contributed by atoms with Crippen LogP contribution in [-0.4, -0.2) is 12.1 Å². The molecule has 1 aromatic carbocycles. The molecular weight excluding hydrogens is 212 g/mol. The summed E-state index contributed by atoms with van der Waals surface area (Å²) in [6.45, 7) is 8.03. The lowest BCUT2D eigenvalue weighted by Gasteiger charge is -2.16. The lowest BCUT2D eigenvalue weighted by Crippen LogP contribution is -2.27. The SMILES string of the molecule is CC(C)NC(C#N)c1cccc(OC(C)C)c1. The maximum Gasteiger partial charge on any atom is 0.121 e. The number of benzene rings is 1. The number of rotatable bonds is 5. The molecule has 0 spiro atoms. The smallest absolute Gasteiger partial charge is 0.121 e. The minimum Gasteiger partial charge on any atom is -0.491 e. The van der Waals surface area contributed by atoms with Crippen LogP contribution in [0.3, 0.4) is 0 Å². The third kappa shape index (κ3) is 4.46. The van der Waals surface area contributed by atoms with Crippen molar-refractivity contribution in [1.29, 1.82) is 5.26 Å². The summed E-state index contributed by atoms with van der Waals surface area (Å²) in [7, 11) is 0. The predicted octanol–water partition coefficient (Wildman–Crippen LogP) is 3.04. The average Bonchev–Trinajstić information content (AvgIpc) is 2.25. The lowest BCUT2D eigenvalue weighted by molar-refractivity contribution is 0.242. The molecule has 0 radical (unpaired) electrons. The van der Waals surface area contributed by atoms with Crippen molar-refractivity contribution in [2.45, 2.75) is 45.9 Å². The Morgan fingerprint density at radius 3 is 2.47 bits per heavy atom. The van der Waals surface area contributed by atoms with Gasteiger partial charge in [0.25, 0.3) is 0 Å². The van der Waals surface area contributed by atoms with Gasteiger partial charge in [-0.1, -0.05) is 12.1 Å². The first-order chi connectivity index (χ1) is 8.02. The van der Waals surface area contributed by atoms with Crippen molar-refractivity contribution >= 4 is 0 Å². The van der Waals surface area contributed by atoms with E-state index in [2.05, 4.69) is 11.4 Å². The highest BCUT2D eigenvalue weighted by atomic mass is 16.5. The molecule has 1 rings (SSSR count). The van der Waals surface area contributed by atoms with Crippen LogP contribution < -0.4 is 10.1 Å². The number of ether oxygens (including phenoxy) is 1. The van der Waals surface area contributed by atoms with E-state index in [1.54, 1.807) is 0 Å². The fraction of sp³-hybridized carbons (Fsp3) is 0.500. The molecule has 0 aliphatic carbocycles. The topological polar surface area (TPSA) is 45.0 Å². The van der Waals surface area contributed by atoms with Gasteiger partial charge < -0.3 is 4.74 Å². The van der Waals surface area contributed by atoms with Crippen LogP contribution in [0.2, 0.25) is 0 Å². The van der Waals surface area contributed by atoms with Gasteiger partial charge in [-0.05, 0) is 45.4 Å². The van der Waals surface area contributed by atoms with Gasteiger partial charge in [-0.3, -0.25) is 5.32 Å². The summed E-state index contributed by atoms with van der Waals surface area (Å²) < 4.78 is 5.62. The highest BCUT2D eigenvalue weighted by Gasteiger charge is 2.12. The second-order valence-corrected chi connectivity index (χ2v) is 4.62. The van der Waals surface area contributed by atoms with Gasteiger partial charge in [-0.2, -0.15) is 5.26 Å². The Kier molecular flexibility index (Phi) is 4.99. The van der Waals surface area contributed by atoms with Gasteiger partial charge in [0, 0.05) is 6.04 Å². The first-order valence-electron chi connectivity index (χ1n) is 5.95. The summed E-state index contributed by atoms with van der Waals surface area (Å²) in [4.78, 5) is 0. The molecule has 1 aromatic rings. The molecule has 1 N–H and O–H groups in total. The monoisotopic (exact) mass is 232 g/mol. The highest BCUT2D eigenvalue weighted by Crippen LogP contribution is 2.20. The zero-order chi connectivity index (χ0) is 12.8. The number of nitrogens with zero attached hydrogens (tertiary/aromatic N) is 1. The van der Waals surface area contributed by atoms with Gasteiger partial charge in [-0.15, -0.1) is 0 Å². The van der Waals surface area contributed by atoms with Crippen LogP contribution in [-0.2, 0) is 0 Å². The summed E-state index contributed by atoms with van der Waals surface area (Å²) in [5, 5.41) is 12.4. The zero-order valence-corrected chi connectivity index (χ0v) is 10.9. The predicted molar refractivity (Wildman–Crippen MR) is 68.8 cm³/mol. The quantitative estimate of drug-likeness (QED) is 0.848. The number of hydrogen-bond donors (Lipinski definition) is 1. The Labute approximate surface area is 103 Å². The van der Waals surface area contributed by atoms with Crippen LogP contribution in [0.5, 0.6) is 5.75 Å². The molecule has 17 heavy (non-hydrogen) atoms. The summed E-state index contributed by atoms with van der Waals surface area (Å²) in [6, 6.07) is 9.94. The van der Waals surface area contributed by atoms with Crippen molar-refractivity contribution in [3.8, 4) is 11.8 Å². The third-order valence-corrected chi connectivity index (χ3v) is 2.19. The van der Waals surface area contributed by atoms with Crippen molar-refractivity contribution in [3.05, 3.63) is 29.8 Å². The second-order valence-electron chi connectivity index (χ2n) is 4.62. The van der Waals surface area contributed by atoms with Crippen LogP contribution in [0.4, 0.5) is 0 Å². The van der Waals surface area contributed by atoms with Crippen LogP contribution in [0.25, 0.3) is 0 Å². The van der Waals surface area contributed by atoms with Crippen LogP contribution >= 0.6 is 0 Å². The molecule has 0 saturated heterocycles. The molecule has 0 aliphatic rings. The molecule has 1 unspecified atom stereocenters. The normalized spacial score (nSPS) is 12.5. The molecule has 0 fully saturated rings. The summed E-state index contributed by atoms with van der Waals surface area (Å²) >= 11 is 0. The van der Waals surface area contributed by atoms with Gasteiger partial charge in [0.05, 0.1) is 12.2 Å². The molecule has 92 valence electrons. The van der Waals surface area contributed by atoms with Crippen LogP contribution in [0.1, 0.15) is 39.3 Å². The largest absolute Gasteiger partial charge is 0.491 e. The Hall–Kier alpha value is -1.53. The third-order valence-electron chi connectivity index (χ3n) is 2.19. The first kappa shape index (κ1) is 13.5. The summed E-state index contributed by atoms with van der Waals surface area (Å²) in [5.41, 5.74) is 0.944. The van der Waals surface area contributed by atoms with Crippen molar-refractivity contribution < 1.29 is 4.74 Å². The van der Waals surface area contributed by atoms with E-state index in [0.717, 1.165) is 11.3 Å². The van der Waals surface area contributed by atoms with E-state index in [1.807, 2.05) is 52.0 Å². The number of hydrogen-bond acceptors (Lipinski definition) is 3. The molecule has 0 bridgehead atoms. The van der Waals surface area contributed by atoms with Crippen molar-refractivity contribution in [3.63, 3.8) is 0 Å². The van der Waals surface area contributed by atoms with E-state index in [1.165, 1.54) is 0 Å². The summed E-state index contributed by atoms with van der Waals surface area (Å²) in [5.74, 6) is 0.809. The number of nitriles is 1. The zero-order valence-electron chi connectivity index (χ0n) is 10.9. The van der Waals surface area contributed by atoms with Gasteiger partial charge in [0.2, 0.25) is 0 Å². The van der Waals surface area contributed by atoms with Crippen molar-refractivity contribution in [1.82, 2.24) is 5.32 Å². The standard InChI is InChI=1S/C14H20N2O/c1-10(2)16-14(9-15)12-6-5-7-13(8-12)17-11(3)4/h5-8,10-11,14,16H,1-4H3. The van der Waals surface area contributed by atoms with Gasteiger partial charge >= 0.3 is 0 Å². The summed E-state index contributed by atoms with van der Waals surface area (Å²) in [6.07, 6.45) is 0.142. The molecule has 0 aromatic heterocycles. The van der Waals surface area contributed by atoms with Crippen LogP contribution in [0, 0.1) is 11.3 Å². The highest BCUT2D eigenvalue weighted by molar-refractivity contribution is 5.33. The van der Waals surface area contributed by atoms with Crippen molar-refractivity contribution in [2.24, 2.45) is 0 Å². The van der Waals surface area contributed by atoms with E-state index < -0.39 is 0 Å². The van der Waals surface area contributed by atoms with E-state index in [9.17, 15) is 0 Å². The molecule has 1 atom stereocenters. The fourth-order valence-corrected chi connectivity index (χ4v) is 1.58. The molecule has 0 heterocycles. The first-order valence-corrected chi connectivity index (χ1v) is 5.95. The average molecular weight is 232 g/mol. The maximum absolute atomic E-state index is 9.15. The number of nitrogens with one attached hydrogen (secondary N) is 1. The van der Waals surface area contributed by atoms with E-state index in [4.69, 9.17) is 10.00 Å². The van der Waals surface area contributed by atoms with Crippen molar-refractivity contribution in [2.75, 3.05) is 0 Å². The van der Waals surface area contributed by atoms with Crippen LogP contribution in [0.15, 0.2) is 24.3 Å². The Morgan fingerprint density at radius 2 is 1.94 bits per heavy atom. The molecular formula is C14H20N2O. The molecule has 3 heteroatoms. The maximum atomic E-state index is 9.15. The Morgan fingerprint density at radius 1 is 1.24 bits per heavy atom. The Balaban J connectivity index is 2.86. The molecule has 3 nitrogen and oxygen atoms in total. The van der Waals surface area contributed by atoms with Gasteiger partial charge in [0.1, 0.15) is 11.8 Å². The minimum atomic E-state index is -0.286. The molecule has 0 saturated carbocycles. The molecule has 0 aliphatic heterocycles. The second kappa shape index (κ2) is 6.27. The van der Waals surface area contributed by atoms with E-state index >= 15 is 0 Å². The van der Waals surface area contributed by atoms with Gasteiger partial charge in [-0.25, -0.2) is 0 Å². The lowest BCUT2D eigenvalue weighted by atomic mass is 10.1.